The van der Waals surface area contributed by atoms with Gasteiger partial charge in [0.15, 0.2) is 5.17 Å². The number of nitrogens with zero attached hydrogens (tertiary/aromatic N) is 2. The summed E-state index contributed by atoms with van der Waals surface area (Å²) in [5.74, 6) is 0.451. The van der Waals surface area contributed by atoms with Crippen LogP contribution in [0.5, 0.6) is 0 Å². The molecule has 2 aliphatic rings. The summed E-state index contributed by atoms with van der Waals surface area (Å²) in [6.45, 7) is 1.07. The molecule has 0 radical (unpaired) electrons. The third-order valence-corrected chi connectivity index (χ3v) is 4.78. The van der Waals surface area contributed by atoms with Gasteiger partial charge in [0.05, 0.1) is 11.2 Å². The highest BCUT2D eigenvalue weighted by Gasteiger charge is 2.31. The Labute approximate surface area is 127 Å². The molecule has 1 fully saturated rings. The molecule has 1 saturated heterocycles. The number of aliphatic imine (C=N–C) groups is 1. The van der Waals surface area contributed by atoms with Crippen LogP contribution in [0.4, 0.5) is 0 Å². The van der Waals surface area contributed by atoms with Crippen LogP contribution in [0, 0.1) is 0 Å². The van der Waals surface area contributed by atoms with E-state index in [0.717, 1.165) is 31.0 Å². The van der Waals surface area contributed by atoms with Crippen LogP contribution < -0.4 is 0 Å². The van der Waals surface area contributed by atoms with Gasteiger partial charge in [-0.15, -0.1) is 0 Å². The van der Waals surface area contributed by atoms with Crippen LogP contribution in [0.3, 0.4) is 0 Å². The van der Waals surface area contributed by atoms with Crippen molar-refractivity contribution in [3.05, 3.63) is 29.1 Å². The maximum atomic E-state index is 12.0. The van der Waals surface area contributed by atoms with Crippen LogP contribution >= 0.6 is 11.8 Å². The van der Waals surface area contributed by atoms with Crippen molar-refractivity contribution in [1.82, 2.24) is 4.90 Å². The topological polar surface area (TPSA) is 66.0 Å². The minimum absolute atomic E-state index is 0.169. The lowest BCUT2D eigenvalue weighted by Crippen LogP contribution is -2.42. The summed E-state index contributed by atoms with van der Waals surface area (Å²) < 4.78 is 5.24. The smallest absolute Gasteiger partial charge is 0.286 e. The molecule has 3 heterocycles. The number of amidine groups is 1. The molecule has 0 spiro atoms. The lowest BCUT2D eigenvalue weighted by atomic mass is 10.0. The predicted molar refractivity (Wildman–Crippen MR) is 82.8 cm³/mol. The van der Waals surface area contributed by atoms with Crippen molar-refractivity contribution in [2.24, 2.45) is 4.99 Å². The Kier molecular flexibility index (Phi) is 4.45. The van der Waals surface area contributed by atoms with Gasteiger partial charge in [-0.3, -0.25) is 4.79 Å². The first-order valence-corrected chi connectivity index (χ1v) is 8.03. The molecule has 3 rings (SSSR count). The molecule has 112 valence electrons. The van der Waals surface area contributed by atoms with E-state index in [-0.39, 0.29) is 18.6 Å². The van der Waals surface area contributed by atoms with Gasteiger partial charge in [-0.2, -0.15) is 4.99 Å². The van der Waals surface area contributed by atoms with Crippen molar-refractivity contribution in [3.63, 3.8) is 0 Å². The van der Waals surface area contributed by atoms with E-state index in [4.69, 9.17) is 4.42 Å². The maximum absolute atomic E-state index is 12.0. The first-order chi connectivity index (χ1) is 10.3. The number of piperidine rings is 1. The maximum Gasteiger partial charge on any atom is 0.286 e. The molecule has 6 heteroatoms. The molecule has 1 atom stereocenters. The van der Waals surface area contributed by atoms with Crippen LogP contribution in [0.25, 0.3) is 6.08 Å². The molecule has 1 amide bonds. The average Bonchev–Trinajstić information content (AvgIpc) is 3.11. The molecule has 0 aliphatic carbocycles. The van der Waals surface area contributed by atoms with Gasteiger partial charge in [0, 0.05) is 25.3 Å². The lowest BCUT2D eigenvalue weighted by molar-refractivity contribution is -0.113. The van der Waals surface area contributed by atoms with E-state index >= 15 is 0 Å². The summed E-state index contributed by atoms with van der Waals surface area (Å²) >= 11 is 1.40. The number of hydrogen-bond acceptors (Lipinski definition) is 5. The van der Waals surface area contributed by atoms with Crippen LogP contribution in [0.15, 0.2) is 32.7 Å². The molecule has 1 unspecified atom stereocenters. The van der Waals surface area contributed by atoms with Crippen molar-refractivity contribution in [1.29, 1.82) is 0 Å². The molecular weight excluding hydrogens is 288 g/mol. The minimum atomic E-state index is -0.209. The number of amides is 1. The summed E-state index contributed by atoms with van der Waals surface area (Å²) in [4.78, 5) is 19.0. The number of carbonyl (C=O) groups excluding carboxylic acids is 1. The average molecular weight is 306 g/mol. The Balaban J connectivity index is 1.74. The van der Waals surface area contributed by atoms with E-state index < -0.39 is 0 Å². The zero-order valence-corrected chi connectivity index (χ0v) is 12.5. The summed E-state index contributed by atoms with van der Waals surface area (Å²) in [5.41, 5.74) is 0. The highest BCUT2D eigenvalue weighted by atomic mass is 32.2. The summed E-state index contributed by atoms with van der Waals surface area (Å²) in [5, 5.41) is 9.95. The van der Waals surface area contributed by atoms with Crippen molar-refractivity contribution in [3.8, 4) is 0 Å². The zero-order chi connectivity index (χ0) is 14.7. The van der Waals surface area contributed by atoms with E-state index in [1.807, 2.05) is 6.07 Å². The van der Waals surface area contributed by atoms with Gasteiger partial charge in [-0.1, -0.05) is 0 Å². The first-order valence-electron chi connectivity index (χ1n) is 7.21. The minimum Gasteiger partial charge on any atom is -0.465 e. The fraction of sp³-hybridized carbons (Fsp3) is 0.467. The number of thioether (sulfide) groups is 1. The molecule has 1 N–H and O–H groups in total. The number of furan rings is 1. The second-order valence-corrected chi connectivity index (χ2v) is 6.19. The van der Waals surface area contributed by atoms with E-state index in [9.17, 15) is 9.90 Å². The Bertz CT molecular complexity index is 563. The molecular formula is C15H18N2O3S. The molecule has 0 saturated carbocycles. The molecule has 5 nitrogen and oxygen atoms in total. The van der Waals surface area contributed by atoms with Crippen LogP contribution in [0.1, 0.15) is 31.4 Å². The quantitative estimate of drug-likeness (QED) is 0.869. The Morgan fingerprint density at radius 2 is 2.43 bits per heavy atom. The number of aliphatic hydroxyl groups is 1. The standard InChI is InChI=1S/C15H18N2O3S/c18-8-6-11-4-1-2-7-17(11)15-16-14(19)13(21-15)10-12-5-3-9-20-12/h3,5,9-11,18H,1-2,4,6-8H2/b13-10+. The SMILES string of the molecule is O=C1N=C(N2CCCCC2CCO)S/C1=C/c1ccco1. The van der Waals surface area contributed by atoms with Gasteiger partial charge in [-0.25, -0.2) is 0 Å². The Hall–Kier alpha value is -1.53. The number of aliphatic hydroxyl groups excluding tert-OH is 1. The number of likely N-dealkylation sites (tertiary alicyclic amines) is 1. The van der Waals surface area contributed by atoms with Crippen LogP contribution in [0.2, 0.25) is 0 Å². The van der Waals surface area contributed by atoms with E-state index in [0.29, 0.717) is 10.7 Å². The highest BCUT2D eigenvalue weighted by Crippen LogP contribution is 2.33. The molecule has 21 heavy (non-hydrogen) atoms. The largest absolute Gasteiger partial charge is 0.465 e. The molecule has 0 aromatic carbocycles. The highest BCUT2D eigenvalue weighted by molar-refractivity contribution is 8.18. The Morgan fingerprint density at radius 3 is 3.19 bits per heavy atom. The number of hydrogen-bond donors (Lipinski definition) is 1. The third kappa shape index (κ3) is 3.22. The lowest BCUT2D eigenvalue weighted by Gasteiger charge is -2.36. The normalized spacial score (nSPS) is 24.7. The molecule has 1 aromatic heterocycles. The second-order valence-electron chi connectivity index (χ2n) is 5.18. The van der Waals surface area contributed by atoms with Gasteiger partial charge in [0.1, 0.15) is 5.76 Å². The third-order valence-electron chi connectivity index (χ3n) is 3.76. The number of rotatable bonds is 3. The van der Waals surface area contributed by atoms with Crippen LogP contribution in [-0.2, 0) is 4.79 Å². The van der Waals surface area contributed by atoms with E-state index in [1.165, 1.54) is 18.2 Å². The van der Waals surface area contributed by atoms with Gasteiger partial charge in [0.2, 0.25) is 0 Å². The van der Waals surface area contributed by atoms with Gasteiger partial charge in [-0.05, 0) is 49.6 Å². The fourth-order valence-corrected chi connectivity index (χ4v) is 3.72. The number of carbonyl (C=O) groups is 1. The van der Waals surface area contributed by atoms with Gasteiger partial charge >= 0.3 is 0 Å². The second kappa shape index (κ2) is 6.49. The van der Waals surface area contributed by atoms with Gasteiger partial charge < -0.3 is 14.4 Å². The monoisotopic (exact) mass is 306 g/mol. The summed E-state index contributed by atoms with van der Waals surface area (Å²) in [7, 11) is 0. The van der Waals surface area contributed by atoms with Gasteiger partial charge in [0.25, 0.3) is 5.91 Å². The van der Waals surface area contributed by atoms with Crippen molar-refractivity contribution < 1.29 is 14.3 Å². The van der Waals surface area contributed by atoms with Crippen molar-refractivity contribution in [2.45, 2.75) is 31.7 Å². The molecule has 1 aromatic rings. The zero-order valence-electron chi connectivity index (χ0n) is 11.7. The molecule has 2 aliphatic heterocycles. The first kappa shape index (κ1) is 14.4. The fourth-order valence-electron chi connectivity index (χ4n) is 2.72. The predicted octanol–water partition coefficient (Wildman–Crippen LogP) is 2.49. The summed E-state index contributed by atoms with van der Waals surface area (Å²) in [6, 6.07) is 3.89. The van der Waals surface area contributed by atoms with E-state index in [2.05, 4.69) is 9.89 Å². The molecule has 0 bridgehead atoms. The van der Waals surface area contributed by atoms with Crippen molar-refractivity contribution in [2.75, 3.05) is 13.2 Å². The summed E-state index contributed by atoms with van der Waals surface area (Å²) in [6.07, 6.45) is 7.36. The van der Waals surface area contributed by atoms with E-state index in [1.54, 1.807) is 18.4 Å². The Morgan fingerprint density at radius 1 is 1.52 bits per heavy atom. The van der Waals surface area contributed by atoms with Crippen molar-refractivity contribution >= 4 is 28.9 Å². The van der Waals surface area contributed by atoms with Crippen LogP contribution in [-0.4, -0.2) is 40.3 Å².